The normalized spacial score (nSPS) is 25.2. The highest BCUT2D eigenvalue weighted by Crippen LogP contribution is 2.12. The molecule has 1 aliphatic heterocycles. The first-order chi connectivity index (χ1) is 6.24. The van der Waals surface area contributed by atoms with Gasteiger partial charge in [0.15, 0.2) is 0 Å². The lowest BCUT2D eigenvalue weighted by molar-refractivity contribution is -0.143. The Morgan fingerprint density at radius 3 is 3.00 bits per heavy atom. The summed E-state index contributed by atoms with van der Waals surface area (Å²) in [7, 11) is 1.34. The van der Waals surface area contributed by atoms with E-state index in [1.54, 1.807) is 0 Å². The van der Waals surface area contributed by atoms with Gasteiger partial charge in [0.25, 0.3) is 0 Å². The largest absolute Gasteiger partial charge is 0.469 e. The lowest BCUT2D eigenvalue weighted by Crippen LogP contribution is -2.44. The van der Waals surface area contributed by atoms with Crippen LogP contribution in [0, 0.1) is 0 Å². The quantitative estimate of drug-likeness (QED) is 0.613. The molecule has 2 N–H and O–H groups in total. The Morgan fingerprint density at radius 2 is 2.46 bits per heavy atom. The smallest absolute Gasteiger partial charge is 0.308 e. The summed E-state index contributed by atoms with van der Waals surface area (Å²) in [6.45, 7) is 0.933. The summed E-state index contributed by atoms with van der Waals surface area (Å²) in [6.07, 6.45) is 2.71. The molecule has 2 atom stereocenters. The Balaban J connectivity index is 2.28. The van der Waals surface area contributed by atoms with E-state index in [0.29, 0.717) is 0 Å². The minimum absolute atomic E-state index is 0.0628. The summed E-state index contributed by atoms with van der Waals surface area (Å²) in [4.78, 5) is 10.9. The summed E-state index contributed by atoms with van der Waals surface area (Å²) in [5.41, 5.74) is 0. The van der Waals surface area contributed by atoms with Crippen LogP contribution < -0.4 is 5.32 Å². The van der Waals surface area contributed by atoms with Crippen LogP contribution in [0.5, 0.6) is 0 Å². The van der Waals surface area contributed by atoms with Crippen molar-refractivity contribution >= 4 is 5.97 Å². The molecule has 0 aromatic carbocycles. The summed E-state index contributed by atoms with van der Waals surface area (Å²) >= 11 is 0. The maximum atomic E-state index is 10.9. The molecule has 0 bridgehead atoms. The van der Waals surface area contributed by atoms with Crippen molar-refractivity contribution in [3.63, 3.8) is 0 Å². The number of aliphatic hydroxyl groups excluding tert-OH is 1. The molecule has 1 fully saturated rings. The van der Waals surface area contributed by atoms with Crippen molar-refractivity contribution in [3.05, 3.63) is 0 Å². The maximum absolute atomic E-state index is 10.9. The number of hydrogen-bond donors (Lipinski definition) is 2. The van der Waals surface area contributed by atoms with Crippen molar-refractivity contribution < 1.29 is 14.6 Å². The van der Waals surface area contributed by atoms with Crippen LogP contribution in [-0.4, -0.2) is 36.9 Å². The first kappa shape index (κ1) is 10.5. The second-order valence-electron chi connectivity index (χ2n) is 3.40. The molecule has 1 aliphatic rings. The molecule has 0 unspecified atom stereocenters. The van der Waals surface area contributed by atoms with Crippen molar-refractivity contribution in [1.82, 2.24) is 5.32 Å². The molecule has 4 heteroatoms. The van der Waals surface area contributed by atoms with Gasteiger partial charge < -0.3 is 15.2 Å². The Labute approximate surface area is 78.3 Å². The standard InChI is InChI=1S/C9H17NO3/c1-13-9(12)6-8(11)7-4-2-3-5-10-7/h7-8,10-11H,2-6H2,1H3/t7-,8+/m0/s1. The lowest BCUT2D eigenvalue weighted by atomic mass is 9.98. The number of esters is 1. The number of carbonyl (C=O) groups is 1. The lowest BCUT2D eigenvalue weighted by Gasteiger charge is -2.27. The van der Waals surface area contributed by atoms with E-state index in [1.165, 1.54) is 7.11 Å². The predicted molar refractivity (Wildman–Crippen MR) is 48.3 cm³/mol. The number of hydrogen-bond acceptors (Lipinski definition) is 4. The van der Waals surface area contributed by atoms with Gasteiger partial charge >= 0.3 is 5.97 Å². The number of nitrogens with one attached hydrogen (secondary N) is 1. The van der Waals surface area contributed by atoms with Gasteiger partial charge in [0, 0.05) is 6.04 Å². The second-order valence-corrected chi connectivity index (χ2v) is 3.40. The minimum Gasteiger partial charge on any atom is -0.469 e. The average Bonchev–Trinajstić information content (AvgIpc) is 2.19. The first-order valence-electron chi connectivity index (χ1n) is 4.72. The number of piperidine rings is 1. The van der Waals surface area contributed by atoms with E-state index in [0.717, 1.165) is 25.8 Å². The topological polar surface area (TPSA) is 58.6 Å². The van der Waals surface area contributed by atoms with E-state index in [9.17, 15) is 9.90 Å². The second kappa shape index (κ2) is 5.19. The molecule has 4 nitrogen and oxygen atoms in total. The Hall–Kier alpha value is -0.610. The zero-order valence-corrected chi connectivity index (χ0v) is 7.95. The molecule has 76 valence electrons. The van der Waals surface area contributed by atoms with Crippen LogP contribution in [0.4, 0.5) is 0 Å². The molecule has 1 heterocycles. The molecule has 13 heavy (non-hydrogen) atoms. The molecule has 0 aromatic rings. The highest BCUT2D eigenvalue weighted by Gasteiger charge is 2.23. The molecule has 0 aliphatic carbocycles. The number of ether oxygens (including phenoxy) is 1. The fourth-order valence-electron chi connectivity index (χ4n) is 1.60. The molecule has 1 rings (SSSR count). The third-order valence-electron chi connectivity index (χ3n) is 2.42. The fraction of sp³-hybridized carbons (Fsp3) is 0.889. The zero-order chi connectivity index (χ0) is 9.68. The third-order valence-corrected chi connectivity index (χ3v) is 2.42. The van der Waals surface area contributed by atoms with Gasteiger partial charge in [-0.3, -0.25) is 4.79 Å². The summed E-state index contributed by atoms with van der Waals surface area (Å²) < 4.78 is 4.48. The van der Waals surface area contributed by atoms with Gasteiger partial charge in [-0.2, -0.15) is 0 Å². The van der Waals surface area contributed by atoms with E-state index in [1.807, 2.05) is 0 Å². The van der Waals surface area contributed by atoms with Crippen LogP contribution in [0.15, 0.2) is 0 Å². The highest BCUT2D eigenvalue weighted by molar-refractivity contribution is 5.69. The van der Waals surface area contributed by atoms with Gasteiger partial charge in [-0.15, -0.1) is 0 Å². The van der Waals surface area contributed by atoms with E-state index in [-0.39, 0.29) is 18.4 Å². The van der Waals surface area contributed by atoms with Gasteiger partial charge in [-0.1, -0.05) is 6.42 Å². The van der Waals surface area contributed by atoms with Crippen molar-refractivity contribution in [2.75, 3.05) is 13.7 Å². The SMILES string of the molecule is COC(=O)C[C@@H](O)[C@@H]1CCCCN1. The Kier molecular flexibility index (Phi) is 4.18. The van der Waals surface area contributed by atoms with Crippen LogP contribution in [-0.2, 0) is 9.53 Å². The van der Waals surface area contributed by atoms with Crippen LogP contribution >= 0.6 is 0 Å². The van der Waals surface area contributed by atoms with Crippen LogP contribution in [0.3, 0.4) is 0 Å². The number of methoxy groups -OCH3 is 1. The Morgan fingerprint density at radius 1 is 1.69 bits per heavy atom. The van der Waals surface area contributed by atoms with E-state index in [4.69, 9.17) is 0 Å². The molecule has 0 spiro atoms. The molecule has 0 aromatic heterocycles. The average molecular weight is 187 g/mol. The van der Waals surface area contributed by atoms with Gasteiger partial charge in [-0.25, -0.2) is 0 Å². The number of aliphatic hydroxyl groups is 1. The van der Waals surface area contributed by atoms with Crippen molar-refractivity contribution in [2.45, 2.75) is 37.8 Å². The van der Waals surface area contributed by atoms with Gasteiger partial charge in [0.1, 0.15) is 0 Å². The molecule has 1 saturated heterocycles. The monoisotopic (exact) mass is 187 g/mol. The van der Waals surface area contributed by atoms with E-state index >= 15 is 0 Å². The molecule has 0 amide bonds. The van der Waals surface area contributed by atoms with Crippen molar-refractivity contribution in [1.29, 1.82) is 0 Å². The molecule has 0 radical (unpaired) electrons. The maximum Gasteiger partial charge on any atom is 0.308 e. The molecular formula is C9H17NO3. The highest BCUT2D eigenvalue weighted by atomic mass is 16.5. The first-order valence-corrected chi connectivity index (χ1v) is 4.72. The van der Waals surface area contributed by atoms with Crippen molar-refractivity contribution in [2.24, 2.45) is 0 Å². The summed E-state index contributed by atoms with van der Waals surface area (Å²) in [6, 6.07) is 0.0628. The molecular weight excluding hydrogens is 170 g/mol. The van der Waals surface area contributed by atoms with E-state index in [2.05, 4.69) is 10.1 Å². The van der Waals surface area contributed by atoms with Crippen LogP contribution in [0.1, 0.15) is 25.7 Å². The minimum atomic E-state index is -0.604. The fourth-order valence-corrected chi connectivity index (χ4v) is 1.60. The molecule has 0 saturated carbocycles. The Bertz CT molecular complexity index is 166. The number of rotatable bonds is 3. The summed E-state index contributed by atoms with van der Waals surface area (Å²) in [5.74, 6) is -0.347. The van der Waals surface area contributed by atoms with Gasteiger partial charge in [0.05, 0.1) is 19.6 Å². The van der Waals surface area contributed by atoms with Crippen LogP contribution in [0.25, 0.3) is 0 Å². The zero-order valence-electron chi connectivity index (χ0n) is 7.95. The summed E-state index contributed by atoms with van der Waals surface area (Å²) in [5, 5.41) is 12.8. The van der Waals surface area contributed by atoms with Gasteiger partial charge in [-0.05, 0) is 19.4 Å². The number of carbonyl (C=O) groups excluding carboxylic acids is 1. The third kappa shape index (κ3) is 3.32. The van der Waals surface area contributed by atoms with E-state index < -0.39 is 6.10 Å². The van der Waals surface area contributed by atoms with Crippen LogP contribution in [0.2, 0.25) is 0 Å². The van der Waals surface area contributed by atoms with Crippen molar-refractivity contribution in [3.8, 4) is 0 Å². The predicted octanol–water partition coefficient (Wildman–Crippen LogP) is 0.0525. The van der Waals surface area contributed by atoms with Gasteiger partial charge in [0.2, 0.25) is 0 Å².